The molecule has 5 nitrogen and oxygen atoms in total. The van der Waals surface area contributed by atoms with Gasteiger partial charge in [0, 0.05) is 12.7 Å². The first-order chi connectivity index (χ1) is 11.1. The van der Waals surface area contributed by atoms with E-state index in [4.69, 9.17) is 0 Å². The molecule has 1 amide bonds. The standard InChI is InChI=1S/C17H18FN3O2/c18-14-5-3-12(4-6-14)11-21-9-1-2-15(17(21)23)20-16(22)13-7-8-19-10-13/h1-6,9,13,19H,7-8,10-11H2,(H,20,22). The van der Waals surface area contributed by atoms with Crippen molar-refractivity contribution in [1.29, 1.82) is 0 Å². The second-order valence-electron chi connectivity index (χ2n) is 5.66. The monoisotopic (exact) mass is 315 g/mol. The molecule has 23 heavy (non-hydrogen) atoms. The number of aromatic nitrogens is 1. The van der Waals surface area contributed by atoms with E-state index in [2.05, 4.69) is 10.6 Å². The fourth-order valence-electron chi connectivity index (χ4n) is 2.66. The van der Waals surface area contributed by atoms with E-state index < -0.39 is 0 Å². The van der Waals surface area contributed by atoms with Gasteiger partial charge in [-0.3, -0.25) is 9.59 Å². The second-order valence-corrected chi connectivity index (χ2v) is 5.66. The third kappa shape index (κ3) is 3.65. The average molecular weight is 315 g/mol. The van der Waals surface area contributed by atoms with Gasteiger partial charge in [-0.05, 0) is 42.8 Å². The molecule has 1 aromatic carbocycles. The predicted octanol–water partition coefficient (Wildman–Crippen LogP) is 1.58. The molecular formula is C17H18FN3O2. The van der Waals surface area contributed by atoms with E-state index in [0.717, 1.165) is 18.5 Å². The molecule has 1 fully saturated rings. The number of carbonyl (C=O) groups excluding carboxylic acids is 1. The topological polar surface area (TPSA) is 63.1 Å². The van der Waals surface area contributed by atoms with Gasteiger partial charge in [-0.2, -0.15) is 0 Å². The molecule has 0 aliphatic carbocycles. The number of benzene rings is 1. The van der Waals surface area contributed by atoms with E-state index in [1.165, 1.54) is 16.7 Å². The quantitative estimate of drug-likeness (QED) is 0.900. The van der Waals surface area contributed by atoms with E-state index >= 15 is 0 Å². The van der Waals surface area contributed by atoms with Crippen LogP contribution in [-0.4, -0.2) is 23.6 Å². The lowest BCUT2D eigenvalue weighted by Crippen LogP contribution is -2.30. The number of nitrogens with zero attached hydrogens (tertiary/aromatic N) is 1. The van der Waals surface area contributed by atoms with E-state index in [1.54, 1.807) is 30.5 Å². The Morgan fingerprint density at radius 3 is 2.78 bits per heavy atom. The maximum Gasteiger partial charge on any atom is 0.274 e. The highest BCUT2D eigenvalue weighted by Crippen LogP contribution is 2.11. The molecule has 2 heterocycles. The van der Waals surface area contributed by atoms with Crippen molar-refractivity contribution in [2.45, 2.75) is 13.0 Å². The van der Waals surface area contributed by atoms with Gasteiger partial charge in [0.1, 0.15) is 11.5 Å². The summed E-state index contributed by atoms with van der Waals surface area (Å²) < 4.78 is 14.4. The number of rotatable bonds is 4. The minimum Gasteiger partial charge on any atom is -0.321 e. The predicted molar refractivity (Wildman–Crippen MR) is 85.8 cm³/mol. The molecule has 3 rings (SSSR count). The van der Waals surface area contributed by atoms with Crippen LogP contribution in [0, 0.1) is 11.7 Å². The Bertz CT molecular complexity index is 749. The Hall–Kier alpha value is -2.47. The molecule has 0 radical (unpaired) electrons. The Morgan fingerprint density at radius 2 is 2.09 bits per heavy atom. The van der Waals surface area contributed by atoms with Crippen molar-refractivity contribution >= 4 is 11.6 Å². The Balaban J connectivity index is 1.76. The molecule has 1 unspecified atom stereocenters. The third-order valence-electron chi connectivity index (χ3n) is 3.98. The van der Waals surface area contributed by atoms with Gasteiger partial charge >= 0.3 is 0 Å². The highest BCUT2D eigenvalue weighted by atomic mass is 19.1. The number of nitrogens with one attached hydrogen (secondary N) is 2. The van der Waals surface area contributed by atoms with Crippen LogP contribution in [0.1, 0.15) is 12.0 Å². The van der Waals surface area contributed by atoms with Crippen molar-refractivity contribution in [3.05, 3.63) is 64.3 Å². The minimum atomic E-state index is -0.313. The van der Waals surface area contributed by atoms with Crippen LogP contribution in [0.2, 0.25) is 0 Å². The Kier molecular flexibility index (Phi) is 4.52. The van der Waals surface area contributed by atoms with Gasteiger partial charge < -0.3 is 15.2 Å². The molecule has 2 aromatic rings. The van der Waals surface area contributed by atoms with Crippen LogP contribution < -0.4 is 16.2 Å². The highest BCUT2D eigenvalue weighted by Gasteiger charge is 2.23. The van der Waals surface area contributed by atoms with E-state index in [9.17, 15) is 14.0 Å². The van der Waals surface area contributed by atoms with Gasteiger partial charge in [-0.25, -0.2) is 4.39 Å². The average Bonchev–Trinajstić information content (AvgIpc) is 3.08. The number of pyridine rings is 1. The van der Waals surface area contributed by atoms with E-state index in [1.807, 2.05) is 0 Å². The van der Waals surface area contributed by atoms with Crippen molar-refractivity contribution in [1.82, 2.24) is 9.88 Å². The molecule has 0 spiro atoms. The molecule has 2 N–H and O–H groups in total. The molecule has 120 valence electrons. The molecule has 1 aromatic heterocycles. The van der Waals surface area contributed by atoms with Crippen LogP contribution in [0.5, 0.6) is 0 Å². The summed E-state index contributed by atoms with van der Waals surface area (Å²) in [6.45, 7) is 1.79. The number of amides is 1. The Labute approximate surface area is 133 Å². The Morgan fingerprint density at radius 1 is 1.30 bits per heavy atom. The minimum absolute atomic E-state index is 0.0971. The number of hydrogen-bond acceptors (Lipinski definition) is 3. The van der Waals surface area contributed by atoms with Crippen LogP contribution >= 0.6 is 0 Å². The molecule has 0 saturated carbocycles. The first kappa shape index (κ1) is 15.4. The molecule has 1 saturated heterocycles. The summed E-state index contributed by atoms with van der Waals surface area (Å²) in [5.41, 5.74) is 0.819. The van der Waals surface area contributed by atoms with E-state index in [0.29, 0.717) is 13.1 Å². The summed E-state index contributed by atoms with van der Waals surface area (Å²) in [5.74, 6) is -0.543. The van der Waals surface area contributed by atoms with Gasteiger partial charge in [-0.1, -0.05) is 12.1 Å². The SMILES string of the molecule is O=C(Nc1cccn(Cc2ccc(F)cc2)c1=O)C1CCNC1. The molecule has 1 atom stereocenters. The largest absolute Gasteiger partial charge is 0.321 e. The van der Waals surface area contributed by atoms with Gasteiger partial charge in [0.2, 0.25) is 5.91 Å². The van der Waals surface area contributed by atoms with Crippen LogP contribution in [0.25, 0.3) is 0 Å². The number of halogens is 1. The normalized spacial score (nSPS) is 17.2. The lowest BCUT2D eigenvalue weighted by molar-refractivity contribution is -0.119. The van der Waals surface area contributed by atoms with Crippen LogP contribution in [-0.2, 0) is 11.3 Å². The number of carbonyl (C=O) groups is 1. The summed E-state index contributed by atoms with van der Waals surface area (Å²) >= 11 is 0. The maximum absolute atomic E-state index is 12.9. The van der Waals surface area contributed by atoms with Gasteiger partial charge in [0.15, 0.2) is 0 Å². The summed E-state index contributed by atoms with van der Waals surface area (Å²) in [6, 6.07) is 9.31. The lowest BCUT2D eigenvalue weighted by atomic mass is 10.1. The third-order valence-corrected chi connectivity index (χ3v) is 3.98. The molecule has 6 heteroatoms. The van der Waals surface area contributed by atoms with Gasteiger partial charge in [0.05, 0.1) is 12.5 Å². The van der Waals surface area contributed by atoms with Crippen molar-refractivity contribution < 1.29 is 9.18 Å². The van der Waals surface area contributed by atoms with Gasteiger partial charge in [0.25, 0.3) is 5.56 Å². The lowest BCUT2D eigenvalue weighted by Gasteiger charge is -2.12. The van der Waals surface area contributed by atoms with Crippen molar-refractivity contribution in [3.8, 4) is 0 Å². The second kappa shape index (κ2) is 6.75. The molecule has 1 aliphatic heterocycles. The summed E-state index contributed by atoms with van der Waals surface area (Å²) in [4.78, 5) is 24.6. The first-order valence-corrected chi connectivity index (χ1v) is 7.59. The maximum atomic E-state index is 12.9. The van der Waals surface area contributed by atoms with E-state index in [-0.39, 0.29) is 28.9 Å². The highest BCUT2D eigenvalue weighted by molar-refractivity contribution is 5.92. The van der Waals surface area contributed by atoms with Crippen LogP contribution in [0.4, 0.5) is 10.1 Å². The summed E-state index contributed by atoms with van der Waals surface area (Å²) in [7, 11) is 0. The van der Waals surface area contributed by atoms with Crippen LogP contribution in [0.15, 0.2) is 47.4 Å². The zero-order valence-corrected chi connectivity index (χ0v) is 12.6. The zero-order chi connectivity index (χ0) is 16.2. The number of hydrogen-bond donors (Lipinski definition) is 2. The molecule has 1 aliphatic rings. The smallest absolute Gasteiger partial charge is 0.274 e. The van der Waals surface area contributed by atoms with Crippen molar-refractivity contribution in [2.24, 2.45) is 5.92 Å². The molecule has 0 bridgehead atoms. The fourth-order valence-corrected chi connectivity index (χ4v) is 2.66. The first-order valence-electron chi connectivity index (χ1n) is 7.59. The zero-order valence-electron chi connectivity index (χ0n) is 12.6. The van der Waals surface area contributed by atoms with Crippen LogP contribution in [0.3, 0.4) is 0 Å². The van der Waals surface area contributed by atoms with Gasteiger partial charge in [-0.15, -0.1) is 0 Å². The summed E-state index contributed by atoms with van der Waals surface area (Å²) in [6.07, 6.45) is 2.43. The molecular weight excluding hydrogens is 297 g/mol. The summed E-state index contributed by atoms with van der Waals surface area (Å²) in [5, 5.41) is 5.84. The fraction of sp³-hybridized carbons (Fsp3) is 0.294. The number of anilines is 1. The van der Waals surface area contributed by atoms with Crippen molar-refractivity contribution in [2.75, 3.05) is 18.4 Å². The van der Waals surface area contributed by atoms with Crippen molar-refractivity contribution in [3.63, 3.8) is 0 Å².